The Hall–Kier alpha value is -1.72. The molecule has 0 saturated carbocycles. The number of ether oxygens (including phenoxy) is 1. The maximum absolute atomic E-state index is 13.9. The Morgan fingerprint density at radius 2 is 2.10 bits per heavy atom. The highest BCUT2D eigenvalue weighted by molar-refractivity contribution is 5.04. The number of hydrogen-bond donors (Lipinski definition) is 3. The first-order valence-corrected chi connectivity index (χ1v) is 5.64. The Labute approximate surface area is 113 Å². The van der Waals surface area contributed by atoms with Gasteiger partial charge in [-0.3, -0.25) is 14.3 Å². The van der Waals surface area contributed by atoms with Crippen LogP contribution in [0, 0.1) is 5.82 Å². The van der Waals surface area contributed by atoms with Gasteiger partial charge < -0.3 is 14.9 Å². The van der Waals surface area contributed by atoms with Crippen molar-refractivity contribution >= 4 is 0 Å². The molecule has 1 aromatic heterocycles. The van der Waals surface area contributed by atoms with Crippen LogP contribution in [0.4, 0.5) is 17.6 Å². The van der Waals surface area contributed by atoms with E-state index in [4.69, 9.17) is 5.11 Å². The summed E-state index contributed by atoms with van der Waals surface area (Å²) in [5.74, 6) is -1.47. The van der Waals surface area contributed by atoms with Crippen LogP contribution in [-0.4, -0.2) is 50.7 Å². The van der Waals surface area contributed by atoms with E-state index in [0.717, 1.165) is 0 Å². The van der Waals surface area contributed by atoms with Crippen molar-refractivity contribution in [2.24, 2.45) is 0 Å². The Morgan fingerprint density at radius 3 is 2.57 bits per heavy atom. The summed E-state index contributed by atoms with van der Waals surface area (Å²) >= 11 is 0. The predicted molar refractivity (Wildman–Crippen MR) is 58.1 cm³/mol. The van der Waals surface area contributed by atoms with Crippen molar-refractivity contribution in [3.63, 3.8) is 0 Å². The molecule has 1 saturated heterocycles. The highest BCUT2D eigenvalue weighted by atomic mass is 19.3. The molecule has 3 N–H and O–H groups in total. The quantitative estimate of drug-likeness (QED) is 0.614. The number of halogens is 4. The van der Waals surface area contributed by atoms with Gasteiger partial charge in [0.15, 0.2) is 18.0 Å². The summed E-state index contributed by atoms with van der Waals surface area (Å²) < 4.78 is 57.7. The molecule has 7 nitrogen and oxygen atoms in total. The van der Waals surface area contributed by atoms with E-state index >= 15 is 0 Å². The van der Waals surface area contributed by atoms with Gasteiger partial charge in [-0.25, -0.2) is 18.0 Å². The first-order valence-electron chi connectivity index (χ1n) is 5.64. The standard InChI is InChI=1S/C10H10F4N2O5/c11-3-1-16(9(20)15-6(3)19)7-4(12)5(18)10(2-17,21-7)8(13)14/h1,4-5,7-8,17-18H,2H2,(H,15,19,20)/t4-,5-,7+,10+/m0/s1. The number of hydrogen-bond acceptors (Lipinski definition) is 5. The molecule has 0 radical (unpaired) electrons. The maximum Gasteiger partial charge on any atom is 0.330 e. The minimum absolute atomic E-state index is 0.185. The number of alkyl halides is 3. The van der Waals surface area contributed by atoms with Crippen LogP contribution in [-0.2, 0) is 4.74 Å². The van der Waals surface area contributed by atoms with Gasteiger partial charge in [0.1, 0.15) is 6.10 Å². The van der Waals surface area contributed by atoms with Gasteiger partial charge in [0.05, 0.1) is 12.8 Å². The Morgan fingerprint density at radius 1 is 1.48 bits per heavy atom. The van der Waals surface area contributed by atoms with E-state index in [2.05, 4.69) is 4.74 Å². The van der Waals surface area contributed by atoms with Crippen LogP contribution in [0.5, 0.6) is 0 Å². The largest absolute Gasteiger partial charge is 0.393 e. The summed E-state index contributed by atoms with van der Waals surface area (Å²) in [6.45, 7) is -1.43. The smallest absolute Gasteiger partial charge is 0.330 e. The number of aromatic nitrogens is 2. The van der Waals surface area contributed by atoms with Crippen LogP contribution in [0.25, 0.3) is 0 Å². The van der Waals surface area contributed by atoms with Crippen molar-refractivity contribution in [1.29, 1.82) is 0 Å². The molecule has 0 aliphatic carbocycles. The van der Waals surface area contributed by atoms with E-state index in [0.29, 0.717) is 0 Å². The zero-order valence-corrected chi connectivity index (χ0v) is 10.2. The molecule has 0 aromatic carbocycles. The molecule has 1 fully saturated rings. The van der Waals surface area contributed by atoms with Gasteiger partial charge in [0.2, 0.25) is 5.82 Å². The highest BCUT2D eigenvalue weighted by Gasteiger charge is 2.61. The lowest BCUT2D eigenvalue weighted by atomic mass is 9.97. The van der Waals surface area contributed by atoms with E-state index in [9.17, 15) is 32.3 Å². The van der Waals surface area contributed by atoms with Crippen molar-refractivity contribution in [3.05, 3.63) is 32.9 Å². The minimum Gasteiger partial charge on any atom is -0.393 e. The van der Waals surface area contributed by atoms with Crippen molar-refractivity contribution in [3.8, 4) is 0 Å². The minimum atomic E-state index is -3.47. The van der Waals surface area contributed by atoms with Crippen LogP contribution in [0.15, 0.2) is 15.8 Å². The van der Waals surface area contributed by atoms with Gasteiger partial charge in [0.25, 0.3) is 12.0 Å². The molecular formula is C10H10F4N2O5. The number of H-pyrrole nitrogens is 1. The number of aromatic amines is 1. The van der Waals surface area contributed by atoms with Gasteiger partial charge in [-0.15, -0.1) is 0 Å². The summed E-state index contributed by atoms with van der Waals surface area (Å²) in [5, 5.41) is 18.5. The van der Waals surface area contributed by atoms with Crippen LogP contribution in [0.3, 0.4) is 0 Å². The SMILES string of the molecule is O=c1[nH]c(=O)n([C@@H]2O[C@@](CO)(C(F)F)[C@@H](O)[C@@H]2F)cc1F. The number of nitrogens with zero attached hydrogens (tertiary/aromatic N) is 1. The van der Waals surface area contributed by atoms with Crippen LogP contribution >= 0.6 is 0 Å². The molecule has 0 spiro atoms. The van der Waals surface area contributed by atoms with Crippen molar-refractivity contribution in [2.75, 3.05) is 6.61 Å². The number of nitrogens with one attached hydrogen (secondary N) is 1. The fraction of sp³-hybridized carbons (Fsp3) is 0.600. The molecule has 1 aliphatic rings. The molecule has 0 amide bonds. The molecule has 4 atom stereocenters. The second-order valence-electron chi connectivity index (χ2n) is 4.46. The van der Waals surface area contributed by atoms with E-state index in [1.807, 2.05) is 0 Å². The molecule has 0 unspecified atom stereocenters. The summed E-state index contributed by atoms with van der Waals surface area (Å²) in [6.07, 6.45) is -10.3. The van der Waals surface area contributed by atoms with Gasteiger partial charge in [-0.2, -0.15) is 4.39 Å². The molecule has 2 rings (SSSR count). The summed E-state index contributed by atoms with van der Waals surface area (Å²) in [4.78, 5) is 23.8. The number of aliphatic hydroxyl groups excluding tert-OH is 2. The Balaban J connectivity index is 2.50. The van der Waals surface area contributed by atoms with Crippen molar-refractivity contribution in [2.45, 2.75) is 30.5 Å². The monoisotopic (exact) mass is 314 g/mol. The second kappa shape index (κ2) is 5.24. The average molecular weight is 314 g/mol. The second-order valence-corrected chi connectivity index (χ2v) is 4.46. The third kappa shape index (κ3) is 2.26. The molecular weight excluding hydrogens is 304 g/mol. The predicted octanol–water partition coefficient (Wildman–Crippen LogP) is -1.10. The summed E-state index contributed by atoms with van der Waals surface area (Å²) in [5.41, 5.74) is -5.65. The van der Waals surface area contributed by atoms with E-state index in [1.165, 1.54) is 4.98 Å². The van der Waals surface area contributed by atoms with Crippen molar-refractivity contribution < 1.29 is 32.5 Å². The molecule has 118 valence electrons. The molecule has 0 bridgehead atoms. The third-order valence-electron chi connectivity index (χ3n) is 3.23. The zero-order valence-electron chi connectivity index (χ0n) is 10.2. The third-order valence-corrected chi connectivity index (χ3v) is 3.23. The molecule has 21 heavy (non-hydrogen) atoms. The van der Waals surface area contributed by atoms with Gasteiger partial charge >= 0.3 is 5.69 Å². The Bertz CT molecular complexity index is 647. The number of aliphatic hydroxyl groups is 2. The number of rotatable bonds is 3. The zero-order chi connectivity index (χ0) is 15.9. The van der Waals surface area contributed by atoms with Crippen LogP contribution in [0.2, 0.25) is 0 Å². The van der Waals surface area contributed by atoms with E-state index in [-0.39, 0.29) is 10.8 Å². The Kier molecular flexibility index (Phi) is 3.91. The van der Waals surface area contributed by atoms with Crippen molar-refractivity contribution in [1.82, 2.24) is 9.55 Å². The fourth-order valence-corrected chi connectivity index (χ4v) is 2.03. The lowest BCUT2D eigenvalue weighted by molar-refractivity contribution is -0.196. The first kappa shape index (κ1) is 15.7. The fourth-order valence-electron chi connectivity index (χ4n) is 2.03. The van der Waals surface area contributed by atoms with E-state index in [1.54, 1.807) is 0 Å². The van der Waals surface area contributed by atoms with Crippen LogP contribution < -0.4 is 11.2 Å². The molecule has 11 heteroatoms. The molecule has 1 aliphatic heterocycles. The average Bonchev–Trinajstić information content (AvgIpc) is 2.68. The highest BCUT2D eigenvalue weighted by Crippen LogP contribution is 2.41. The first-order chi connectivity index (χ1) is 9.74. The van der Waals surface area contributed by atoms with Gasteiger partial charge in [-0.1, -0.05) is 0 Å². The van der Waals surface area contributed by atoms with Gasteiger partial charge in [0, 0.05) is 0 Å². The molecule has 1 aromatic rings. The van der Waals surface area contributed by atoms with Crippen LogP contribution in [0.1, 0.15) is 6.23 Å². The summed E-state index contributed by atoms with van der Waals surface area (Å²) in [7, 11) is 0. The normalized spacial score (nSPS) is 32.8. The van der Waals surface area contributed by atoms with Gasteiger partial charge in [-0.05, 0) is 0 Å². The summed E-state index contributed by atoms with van der Waals surface area (Å²) in [6, 6.07) is 0. The topological polar surface area (TPSA) is 105 Å². The lowest BCUT2D eigenvalue weighted by Gasteiger charge is -2.28. The van der Waals surface area contributed by atoms with E-state index < -0.39 is 54.2 Å². The lowest BCUT2D eigenvalue weighted by Crippen LogP contribution is -2.51. The molecule has 2 heterocycles. The maximum atomic E-state index is 13.9.